The number of benzene rings is 1. The fourth-order valence-corrected chi connectivity index (χ4v) is 1.79. The maximum absolute atomic E-state index is 13.0. The summed E-state index contributed by atoms with van der Waals surface area (Å²) in [6.07, 6.45) is 0. The van der Waals surface area contributed by atoms with E-state index in [0.717, 1.165) is 5.69 Å². The quantitative estimate of drug-likeness (QED) is 0.886. The van der Waals surface area contributed by atoms with E-state index in [4.69, 9.17) is 0 Å². The summed E-state index contributed by atoms with van der Waals surface area (Å²) in [4.78, 5) is 12.0. The highest BCUT2D eigenvalue weighted by Gasteiger charge is 2.12. The third-order valence-corrected chi connectivity index (χ3v) is 2.68. The highest BCUT2D eigenvalue weighted by molar-refractivity contribution is 6.04. The van der Waals surface area contributed by atoms with E-state index in [1.165, 1.54) is 18.2 Å². The van der Waals surface area contributed by atoms with Gasteiger partial charge in [-0.1, -0.05) is 0 Å². The lowest BCUT2D eigenvalue weighted by molar-refractivity contribution is 0.102. The molecule has 0 radical (unpaired) electrons. The van der Waals surface area contributed by atoms with Gasteiger partial charge in [0.2, 0.25) is 0 Å². The average molecular weight is 247 g/mol. The fraction of sp³-hybridized carbons (Fsp3) is 0.231. The number of hydrogen-bond acceptors (Lipinski definition) is 2. The van der Waals surface area contributed by atoms with Gasteiger partial charge in [0.15, 0.2) is 0 Å². The molecule has 1 aromatic heterocycles. The smallest absolute Gasteiger partial charge is 0.257 e. The minimum absolute atomic E-state index is 0.268. The minimum Gasteiger partial charge on any atom is -0.307 e. The molecule has 4 nitrogen and oxygen atoms in total. The van der Waals surface area contributed by atoms with E-state index in [0.29, 0.717) is 16.9 Å². The maximum atomic E-state index is 13.0. The molecule has 1 amide bonds. The Hall–Kier alpha value is -2.17. The maximum Gasteiger partial charge on any atom is 0.257 e. The Morgan fingerprint density at radius 2 is 2.06 bits per heavy atom. The summed E-state index contributed by atoms with van der Waals surface area (Å²) in [6, 6.07) is 5.86. The molecular formula is C13H14FN3O. The van der Waals surface area contributed by atoms with Crippen molar-refractivity contribution in [1.29, 1.82) is 0 Å². The highest BCUT2D eigenvalue weighted by Crippen LogP contribution is 2.14. The molecule has 0 fully saturated rings. The van der Waals surface area contributed by atoms with Crippen LogP contribution < -0.4 is 5.32 Å². The van der Waals surface area contributed by atoms with Gasteiger partial charge in [0, 0.05) is 18.7 Å². The SMILES string of the molecule is Cc1cc(NC(=O)c2ccc(F)cc2C)n(C)n1. The number of halogens is 1. The zero-order valence-electron chi connectivity index (χ0n) is 10.5. The number of hydrogen-bond donors (Lipinski definition) is 1. The van der Waals surface area contributed by atoms with Gasteiger partial charge >= 0.3 is 0 Å². The standard InChI is InChI=1S/C13H14FN3O/c1-8-6-10(14)4-5-11(8)13(18)15-12-7-9(2)16-17(12)3/h4-7H,1-3H3,(H,15,18). The Kier molecular flexibility index (Phi) is 3.14. The van der Waals surface area contributed by atoms with Crippen molar-refractivity contribution in [1.82, 2.24) is 9.78 Å². The summed E-state index contributed by atoms with van der Waals surface area (Å²) >= 11 is 0. The Labute approximate surface area is 104 Å². The number of rotatable bonds is 2. The van der Waals surface area contributed by atoms with E-state index in [1.807, 2.05) is 6.92 Å². The monoisotopic (exact) mass is 247 g/mol. The Balaban J connectivity index is 2.24. The summed E-state index contributed by atoms with van der Waals surface area (Å²) in [6.45, 7) is 3.55. The van der Waals surface area contributed by atoms with Crippen molar-refractivity contribution in [2.45, 2.75) is 13.8 Å². The molecule has 0 unspecified atom stereocenters. The fourth-order valence-electron chi connectivity index (χ4n) is 1.79. The molecule has 2 aromatic rings. The molecule has 2 rings (SSSR count). The van der Waals surface area contributed by atoms with Crippen molar-refractivity contribution in [3.63, 3.8) is 0 Å². The van der Waals surface area contributed by atoms with Gasteiger partial charge in [-0.3, -0.25) is 9.48 Å². The predicted molar refractivity (Wildman–Crippen MR) is 67.0 cm³/mol. The van der Waals surface area contributed by atoms with E-state index in [9.17, 15) is 9.18 Å². The Morgan fingerprint density at radius 1 is 1.33 bits per heavy atom. The molecule has 0 bridgehead atoms. The summed E-state index contributed by atoms with van der Waals surface area (Å²) in [5, 5.41) is 6.88. The number of nitrogens with zero attached hydrogens (tertiary/aromatic N) is 2. The van der Waals surface area contributed by atoms with Gasteiger partial charge in [0.05, 0.1) is 5.69 Å². The number of carbonyl (C=O) groups is 1. The molecule has 0 saturated carbocycles. The van der Waals surface area contributed by atoms with E-state index in [1.54, 1.807) is 24.7 Å². The van der Waals surface area contributed by atoms with Crippen molar-refractivity contribution in [3.05, 3.63) is 46.9 Å². The molecule has 0 aliphatic heterocycles. The van der Waals surface area contributed by atoms with Crippen LogP contribution in [0.5, 0.6) is 0 Å². The van der Waals surface area contributed by atoms with Crippen LogP contribution in [0.4, 0.5) is 10.2 Å². The summed E-state index contributed by atoms with van der Waals surface area (Å²) in [5.41, 5.74) is 1.88. The first kappa shape index (κ1) is 12.3. The third kappa shape index (κ3) is 2.40. The minimum atomic E-state index is -0.347. The summed E-state index contributed by atoms with van der Waals surface area (Å²) in [7, 11) is 1.75. The Morgan fingerprint density at radius 3 is 2.61 bits per heavy atom. The molecule has 0 spiro atoms. The van der Waals surface area contributed by atoms with Gasteiger partial charge in [-0.15, -0.1) is 0 Å². The van der Waals surface area contributed by atoms with Gasteiger partial charge in [-0.25, -0.2) is 4.39 Å². The van der Waals surface area contributed by atoms with Crippen molar-refractivity contribution in [3.8, 4) is 0 Å². The van der Waals surface area contributed by atoms with E-state index >= 15 is 0 Å². The number of aromatic nitrogens is 2. The van der Waals surface area contributed by atoms with E-state index in [-0.39, 0.29) is 11.7 Å². The second kappa shape index (κ2) is 4.60. The van der Waals surface area contributed by atoms with Gasteiger partial charge in [0.25, 0.3) is 5.91 Å². The molecule has 0 atom stereocenters. The zero-order valence-corrected chi connectivity index (χ0v) is 10.5. The molecule has 1 heterocycles. The molecule has 1 N–H and O–H groups in total. The van der Waals surface area contributed by atoms with Crippen LogP contribution in [-0.2, 0) is 7.05 Å². The largest absolute Gasteiger partial charge is 0.307 e. The zero-order chi connectivity index (χ0) is 13.3. The first-order valence-corrected chi connectivity index (χ1v) is 5.55. The van der Waals surface area contributed by atoms with Crippen LogP contribution in [0.25, 0.3) is 0 Å². The van der Waals surface area contributed by atoms with E-state index in [2.05, 4.69) is 10.4 Å². The number of aryl methyl sites for hydroxylation is 3. The molecular weight excluding hydrogens is 233 g/mol. The van der Waals surface area contributed by atoms with E-state index < -0.39 is 0 Å². The number of anilines is 1. The first-order valence-electron chi connectivity index (χ1n) is 5.55. The lowest BCUT2D eigenvalue weighted by Crippen LogP contribution is -2.15. The van der Waals surface area contributed by atoms with Crippen LogP contribution in [0.2, 0.25) is 0 Å². The van der Waals surface area contributed by atoms with Gasteiger partial charge < -0.3 is 5.32 Å². The van der Waals surface area contributed by atoms with Gasteiger partial charge in [-0.2, -0.15) is 5.10 Å². The molecule has 0 aliphatic rings. The van der Waals surface area contributed by atoms with Crippen molar-refractivity contribution >= 4 is 11.7 Å². The lowest BCUT2D eigenvalue weighted by atomic mass is 10.1. The summed E-state index contributed by atoms with van der Waals surface area (Å²) < 4.78 is 14.5. The molecule has 18 heavy (non-hydrogen) atoms. The second-order valence-corrected chi connectivity index (χ2v) is 4.21. The topological polar surface area (TPSA) is 46.9 Å². The lowest BCUT2D eigenvalue weighted by Gasteiger charge is -2.07. The number of amides is 1. The molecule has 94 valence electrons. The second-order valence-electron chi connectivity index (χ2n) is 4.21. The van der Waals surface area contributed by atoms with Crippen LogP contribution in [0, 0.1) is 19.7 Å². The molecule has 1 aromatic carbocycles. The van der Waals surface area contributed by atoms with Crippen LogP contribution in [-0.4, -0.2) is 15.7 Å². The Bertz CT molecular complexity index is 604. The van der Waals surface area contributed by atoms with Gasteiger partial charge in [-0.05, 0) is 37.6 Å². The first-order chi connectivity index (χ1) is 8.47. The number of carbonyl (C=O) groups excluding carboxylic acids is 1. The average Bonchev–Trinajstić information content (AvgIpc) is 2.57. The predicted octanol–water partition coefficient (Wildman–Crippen LogP) is 2.43. The third-order valence-electron chi connectivity index (χ3n) is 2.68. The molecule has 5 heteroatoms. The van der Waals surface area contributed by atoms with Gasteiger partial charge in [0.1, 0.15) is 11.6 Å². The van der Waals surface area contributed by atoms with Crippen LogP contribution in [0.1, 0.15) is 21.6 Å². The normalized spacial score (nSPS) is 10.4. The van der Waals surface area contributed by atoms with Crippen LogP contribution in [0.3, 0.4) is 0 Å². The van der Waals surface area contributed by atoms with Crippen LogP contribution in [0.15, 0.2) is 24.3 Å². The van der Waals surface area contributed by atoms with Crippen molar-refractivity contribution in [2.75, 3.05) is 5.32 Å². The highest BCUT2D eigenvalue weighted by atomic mass is 19.1. The summed E-state index contributed by atoms with van der Waals surface area (Å²) in [5.74, 6) is -0.00264. The molecule has 0 aliphatic carbocycles. The van der Waals surface area contributed by atoms with Crippen molar-refractivity contribution < 1.29 is 9.18 Å². The van der Waals surface area contributed by atoms with Crippen LogP contribution >= 0.6 is 0 Å². The molecule has 0 saturated heterocycles. The van der Waals surface area contributed by atoms with Crippen molar-refractivity contribution in [2.24, 2.45) is 7.05 Å². The number of nitrogens with one attached hydrogen (secondary N) is 1.